The number of carbonyl (C=O) groups excluding carboxylic acids is 1. The fourth-order valence-electron chi connectivity index (χ4n) is 0.995. The molecule has 1 atom stereocenters. The minimum absolute atomic E-state index is 0.218. The van der Waals surface area contributed by atoms with Crippen molar-refractivity contribution in [3.8, 4) is 12.3 Å². The van der Waals surface area contributed by atoms with Gasteiger partial charge in [-0.3, -0.25) is 4.79 Å². The molecule has 1 aliphatic carbocycles. The number of hydrogen-bond acceptors (Lipinski definition) is 2. The van der Waals surface area contributed by atoms with Crippen LogP contribution < -0.4 is 0 Å². The van der Waals surface area contributed by atoms with Crippen molar-refractivity contribution in [2.75, 3.05) is 7.11 Å². The number of terminal acetylenes is 1. The van der Waals surface area contributed by atoms with Crippen LogP contribution in [0.2, 0.25) is 0 Å². The highest BCUT2D eigenvalue weighted by molar-refractivity contribution is 5.98. The average Bonchev–Trinajstić information content (AvgIpc) is 2.73. The van der Waals surface area contributed by atoms with E-state index < -0.39 is 0 Å². The quantitative estimate of drug-likeness (QED) is 0.422. The van der Waals surface area contributed by atoms with Crippen LogP contribution in [0.3, 0.4) is 0 Å². The van der Waals surface area contributed by atoms with Crippen LogP contribution in [0.1, 0.15) is 12.8 Å². The molecule has 0 bridgehead atoms. The van der Waals surface area contributed by atoms with Gasteiger partial charge in [-0.1, -0.05) is 0 Å². The van der Waals surface area contributed by atoms with Crippen LogP contribution in [0.4, 0.5) is 0 Å². The van der Waals surface area contributed by atoms with Gasteiger partial charge in [0, 0.05) is 7.11 Å². The Labute approximate surface area is 60.6 Å². The van der Waals surface area contributed by atoms with Crippen molar-refractivity contribution < 1.29 is 9.53 Å². The number of carbonyl (C=O) groups is 1. The molecule has 1 rings (SSSR count). The second-order valence-electron chi connectivity index (χ2n) is 2.50. The molecule has 0 amide bonds. The first kappa shape index (κ1) is 7.30. The summed E-state index contributed by atoms with van der Waals surface area (Å²) in [4.78, 5) is 10.9. The lowest BCUT2D eigenvalue weighted by molar-refractivity contribution is -0.124. The molecule has 0 aromatic heterocycles. The van der Waals surface area contributed by atoms with Gasteiger partial charge in [0.2, 0.25) is 5.78 Å². The highest BCUT2D eigenvalue weighted by Gasteiger charge is 2.35. The van der Waals surface area contributed by atoms with E-state index in [9.17, 15) is 4.79 Å². The fraction of sp³-hybridized carbons (Fsp3) is 0.625. The van der Waals surface area contributed by atoms with Gasteiger partial charge in [0.05, 0.1) is 0 Å². The fourth-order valence-corrected chi connectivity index (χ4v) is 0.995. The van der Waals surface area contributed by atoms with Crippen LogP contribution in [-0.4, -0.2) is 19.0 Å². The van der Waals surface area contributed by atoms with Crippen LogP contribution in [0, 0.1) is 18.3 Å². The number of methoxy groups -OCH3 is 1. The minimum Gasteiger partial charge on any atom is -0.372 e. The summed E-state index contributed by atoms with van der Waals surface area (Å²) in [6.45, 7) is 0. The van der Waals surface area contributed by atoms with E-state index in [1.807, 2.05) is 0 Å². The average molecular weight is 138 g/mol. The van der Waals surface area contributed by atoms with Crippen molar-refractivity contribution in [2.24, 2.45) is 5.92 Å². The maximum Gasteiger partial charge on any atom is 0.234 e. The third-order valence-corrected chi connectivity index (χ3v) is 1.70. The number of hydrogen-bond donors (Lipinski definition) is 0. The van der Waals surface area contributed by atoms with Crippen LogP contribution in [0.25, 0.3) is 0 Å². The third-order valence-electron chi connectivity index (χ3n) is 1.70. The molecule has 0 spiro atoms. The molecular weight excluding hydrogens is 128 g/mol. The second-order valence-corrected chi connectivity index (χ2v) is 2.50. The number of rotatable bonds is 3. The molecule has 10 heavy (non-hydrogen) atoms. The maximum atomic E-state index is 10.9. The standard InChI is InChI=1S/C8H10O2/c1-3-7(9)8(10-2)6-4-5-6/h1,6,8H,4-5H2,2H3. The monoisotopic (exact) mass is 138 g/mol. The van der Waals surface area contributed by atoms with Crippen molar-refractivity contribution >= 4 is 5.78 Å². The number of ether oxygens (including phenoxy) is 1. The SMILES string of the molecule is C#CC(=O)C(OC)C1CC1. The van der Waals surface area contributed by atoms with Gasteiger partial charge in [-0.2, -0.15) is 0 Å². The number of Topliss-reactive ketones (excluding diaryl/α,β-unsaturated/α-hetero) is 1. The zero-order valence-corrected chi connectivity index (χ0v) is 5.96. The van der Waals surface area contributed by atoms with E-state index in [1.54, 1.807) is 0 Å². The van der Waals surface area contributed by atoms with Crippen molar-refractivity contribution in [3.05, 3.63) is 0 Å². The van der Waals surface area contributed by atoms with E-state index in [4.69, 9.17) is 11.2 Å². The van der Waals surface area contributed by atoms with E-state index in [0.717, 1.165) is 12.8 Å². The lowest BCUT2D eigenvalue weighted by Crippen LogP contribution is -2.23. The van der Waals surface area contributed by atoms with E-state index in [1.165, 1.54) is 7.11 Å². The largest absolute Gasteiger partial charge is 0.372 e. The molecule has 0 N–H and O–H groups in total. The Bertz CT molecular complexity index is 174. The van der Waals surface area contributed by atoms with Gasteiger partial charge in [-0.15, -0.1) is 6.42 Å². The molecule has 1 aliphatic rings. The molecule has 0 radical (unpaired) electrons. The Balaban J connectivity index is 2.48. The zero-order valence-electron chi connectivity index (χ0n) is 5.96. The summed E-state index contributed by atoms with van der Waals surface area (Å²) in [7, 11) is 1.53. The Morgan fingerprint density at radius 3 is 2.70 bits per heavy atom. The Morgan fingerprint density at radius 2 is 2.40 bits per heavy atom. The number of ketones is 1. The van der Waals surface area contributed by atoms with E-state index in [0.29, 0.717) is 5.92 Å². The molecule has 2 heteroatoms. The van der Waals surface area contributed by atoms with Crippen molar-refractivity contribution in [1.82, 2.24) is 0 Å². The summed E-state index contributed by atoms with van der Waals surface area (Å²) in [6, 6.07) is 0. The van der Waals surface area contributed by atoms with E-state index in [-0.39, 0.29) is 11.9 Å². The molecule has 2 nitrogen and oxygen atoms in total. The Morgan fingerprint density at radius 1 is 1.80 bits per heavy atom. The topological polar surface area (TPSA) is 26.3 Å². The van der Waals surface area contributed by atoms with Gasteiger partial charge in [0.25, 0.3) is 0 Å². The van der Waals surface area contributed by atoms with Crippen molar-refractivity contribution in [1.29, 1.82) is 0 Å². The summed E-state index contributed by atoms with van der Waals surface area (Å²) in [5.74, 6) is 2.25. The molecule has 1 saturated carbocycles. The third kappa shape index (κ3) is 1.37. The van der Waals surface area contributed by atoms with Gasteiger partial charge < -0.3 is 4.74 Å². The predicted molar refractivity (Wildman–Crippen MR) is 37.4 cm³/mol. The first-order valence-electron chi connectivity index (χ1n) is 3.33. The van der Waals surface area contributed by atoms with Gasteiger partial charge in [-0.25, -0.2) is 0 Å². The highest BCUT2D eigenvalue weighted by atomic mass is 16.5. The molecule has 0 heterocycles. The maximum absolute atomic E-state index is 10.9. The van der Waals surface area contributed by atoms with Gasteiger partial charge >= 0.3 is 0 Å². The van der Waals surface area contributed by atoms with Crippen LogP contribution in [-0.2, 0) is 9.53 Å². The summed E-state index contributed by atoms with van der Waals surface area (Å²) in [5, 5.41) is 0. The zero-order chi connectivity index (χ0) is 7.56. The molecule has 0 aromatic rings. The van der Waals surface area contributed by atoms with E-state index >= 15 is 0 Å². The lowest BCUT2D eigenvalue weighted by Gasteiger charge is -2.07. The van der Waals surface area contributed by atoms with Gasteiger partial charge in [0.1, 0.15) is 6.10 Å². The molecule has 0 aromatic carbocycles. The van der Waals surface area contributed by atoms with Crippen LogP contribution in [0.15, 0.2) is 0 Å². The lowest BCUT2D eigenvalue weighted by atomic mass is 10.1. The molecule has 54 valence electrons. The Kier molecular flexibility index (Phi) is 2.08. The van der Waals surface area contributed by atoms with Crippen molar-refractivity contribution in [2.45, 2.75) is 18.9 Å². The molecule has 0 saturated heterocycles. The summed E-state index contributed by atoms with van der Waals surface area (Å²) >= 11 is 0. The summed E-state index contributed by atoms with van der Waals surface area (Å²) in [6.07, 6.45) is 6.76. The molecule has 1 unspecified atom stereocenters. The van der Waals surface area contributed by atoms with Crippen LogP contribution in [0.5, 0.6) is 0 Å². The molecular formula is C8H10O2. The highest BCUT2D eigenvalue weighted by Crippen LogP contribution is 2.34. The normalized spacial score (nSPS) is 19.6. The molecule has 0 aliphatic heterocycles. The molecule has 1 fully saturated rings. The Hall–Kier alpha value is -0.810. The minimum atomic E-state index is -0.329. The van der Waals surface area contributed by atoms with E-state index in [2.05, 4.69) is 5.92 Å². The van der Waals surface area contributed by atoms with Gasteiger partial charge in [0.15, 0.2) is 0 Å². The summed E-state index contributed by atoms with van der Waals surface area (Å²) in [5.41, 5.74) is 0. The van der Waals surface area contributed by atoms with Gasteiger partial charge in [-0.05, 0) is 24.7 Å². The van der Waals surface area contributed by atoms with Crippen molar-refractivity contribution in [3.63, 3.8) is 0 Å². The van der Waals surface area contributed by atoms with Crippen LogP contribution >= 0.6 is 0 Å². The summed E-state index contributed by atoms with van der Waals surface area (Å²) < 4.78 is 4.93. The smallest absolute Gasteiger partial charge is 0.234 e. The second kappa shape index (κ2) is 2.85. The predicted octanol–water partition coefficient (Wildman–Crippen LogP) is 0.614. The first-order valence-corrected chi connectivity index (χ1v) is 3.33. The first-order chi connectivity index (χ1) is 4.79.